The average Bonchev–Trinajstić information content (AvgIpc) is 2.57. The number of benzene rings is 1. The Bertz CT molecular complexity index is 495. The molecule has 0 aliphatic rings. The van der Waals surface area contributed by atoms with Gasteiger partial charge in [-0.1, -0.05) is 0 Å². The van der Waals surface area contributed by atoms with Crippen LogP contribution in [0, 0.1) is 17.5 Å². The molecule has 14 heavy (non-hydrogen) atoms. The van der Waals surface area contributed by atoms with Crippen molar-refractivity contribution in [2.75, 3.05) is 0 Å². The van der Waals surface area contributed by atoms with E-state index in [0.29, 0.717) is 5.01 Å². The van der Waals surface area contributed by atoms with Crippen molar-refractivity contribution in [1.82, 2.24) is 4.98 Å². The zero-order valence-corrected chi connectivity index (χ0v) is 7.67. The van der Waals surface area contributed by atoms with Gasteiger partial charge in [-0.05, 0) is 6.07 Å². The minimum atomic E-state index is -1.49. The third-order valence-corrected chi connectivity index (χ3v) is 2.77. The number of nitrogens with zero attached hydrogens (tertiary/aromatic N) is 1. The molecule has 2 aromatic rings. The lowest BCUT2D eigenvalue weighted by Gasteiger charge is -1.94. The molecule has 0 spiro atoms. The highest BCUT2D eigenvalue weighted by molar-refractivity contribution is 7.18. The normalized spacial score (nSPS) is 11.1. The summed E-state index contributed by atoms with van der Waals surface area (Å²) in [6, 6.07) is 0.921. The van der Waals surface area contributed by atoms with Gasteiger partial charge in [-0.2, -0.15) is 0 Å². The molecule has 1 aromatic heterocycles. The summed E-state index contributed by atoms with van der Waals surface area (Å²) in [5.41, 5.74) is 5.12. The summed E-state index contributed by atoms with van der Waals surface area (Å²) in [7, 11) is 0. The van der Waals surface area contributed by atoms with Crippen molar-refractivity contribution in [3.8, 4) is 0 Å². The predicted octanol–water partition coefficient (Wildman–Crippen LogP) is 2.17. The lowest BCUT2D eigenvalue weighted by Crippen LogP contribution is -1.95. The van der Waals surface area contributed by atoms with E-state index in [0.717, 1.165) is 17.4 Å². The summed E-state index contributed by atoms with van der Waals surface area (Å²) >= 11 is 1.05. The van der Waals surface area contributed by atoms with Crippen LogP contribution in [0.25, 0.3) is 10.2 Å². The highest BCUT2D eigenvalue weighted by atomic mass is 32.1. The summed E-state index contributed by atoms with van der Waals surface area (Å²) in [6.07, 6.45) is 0. The number of fused-ring (bicyclic) bond motifs is 1. The third kappa shape index (κ3) is 1.27. The van der Waals surface area contributed by atoms with Gasteiger partial charge in [0.15, 0.2) is 17.5 Å². The molecular formula is C8H5F3N2S. The zero-order valence-electron chi connectivity index (χ0n) is 6.85. The highest BCUT2D eigenvalue weighted by Gasteiger charge is 2.16. The summed E-state index contributed by atoms with van der Waals surface area (Å²) in [5.74, 6) is -3.95. The van der Waals surface area contributed by atoms with Gasteiger partial charge in [-0.25, -0.2) is 18.2 Å². The van der Waals surface area contributed by atoms with Gasteiger partial charge in [0.25, 0.3) is 0 Å². The van der Waals surface area contributed by atoms with Crippen molar-refractivity contribution in [1.29, 1.82) is 0 Å². The van der Waals surface area contributed by atoms with E-state index in [1.165, 1.54) is 0 Å². The maximum Gasteiger partial charge on any atom is 0.196 e. The third-order valence-electron chi connectivity index (χ3n) is 1.74. The molecular weight excluding hydrogens is 213 g/mol. The van der Waals surface area contributed by atoms with Gasteiger partial charge in [-0.3, -0.25) is 0 Å². The van der Waals surface area contributed by atoms with Crippen LogP contribution in [0.2, 0.25) is 0 Å². The molecule has 2 rings (SSSR count). The smallest absolute Gasteiger partial charge is 0.196 e. The SMILES string of the molecule is NCc1nc2c(F)c(F)c(F)cc2s1. The second-order valence-electron chi connectivity index (χ2n) is 2.64. The van der Waals surface area contributed by atoms with E-state index in [2.05, 4.69) is 4.98 Å². The number of hydrogen-bond donors (Lipinski definition) is 1. The second-order valence-corrected chi connectivity index (χ2v) is 3.76. The standard InChI is InChI=1S/C8H5F3N2S/c9-3-1-4-8(7(11)6(3)10)13-5(2-12)14-4/h1H,2,12H2. The van der Waals surface area contributed by atoms with Crippen LogP contribution in [-0.2, 0) is 6.54 Å². The molecule has 0 aliphatic heterocycles. The Morgan fingerprint density at radius 2 is 2.00 bits per heavy atom. The first-order valence-electron chi connectivity index (χ1n) is 3.76. The molecule has 0 saturated carbocycles. The van der Waals surface area contributed by atoms with Gasteiger partial charge in [0.2, 0.25) is 0 Å². The highest BCUT2D eigenvalue weighted by Crippen LogP contribution is 2.27. The van der Waals surface area contributed by atoms with Gasteiger partial charge in [0.05, 0.1) is 4.70 Å². The number of nitrogens with two attached hydrogens (primary N) is 1. The van der Waals surface area contributed by atoms with Gasteiger partial charge in [-0.15, -0.1) is 11.3 Å². The molecule has 0 atom stereocenters. The molecule has 0 saturated heterocycles. The van der Waals surface area contributed by atoms with Crippen molar-refractivity contribution in [3.63, 3.8) is 0 Å². The van der Waals surface area contributed by atoms with E-state index >= 15 is 0 Å². The molecule has 2 N–H and O–H groups in total. The van der Waals surface area contributed by atoms with E-state index in [-0.39, 0.29) is 16.8 Å². The minimum Gasteiger partial charge on any atom is -0.325 e. The summed E-state index contributed by atoms with van der Waals surface area (Å²) in [5, 5.41) is 0.448. The Kier molecular flexibility index (Phi) is 2.16. The Balaban J connectivity index is 2.81. The molecule has 6 heteroatoms. The van der Waals surface area contributed by atoms with Crippen molar-refractivity contribution in [2.45, 2.75) is 6.54 Å². The Labute approximate surface area is 81.2 Å². The largest absolute Gasteiger partial charge is 0.325 e. The quantitative estimate of drug-likeness (QED) is 0.745. The average molecular weight is 218 g/mol. The van der Waals surface area contributed by atoms with Crippen LogP contribution < -0.4 is 5.73 Å². The minimum absolute atomic E-state index is 0.127. The van der Waals surface area contributed by atoms with Crippen LogP contribution in [0.5, 0.6) is 0 Å². The first-order chi connectivity index (χ1) is 6.63. The Morgan fingerprint density at radius 3 is 2.64 bits per heavy atom. The van der Waals surface area contributed by atoms with Gasteiger partial charge >= 0.3 is 0 Å². The fourth-order valence-electron chi connectivity index (χ4n) is 1.11. The van der Waals surface area contributed by atoms with E-state index in [4.69, 9.17) is 5.73 Å². The van der Waals surface area contributed by atoms with Gasteiger partial charge in [0.1, 0.15) is 10.5 Å². The van der Waals surface area contributed by atoms with Crippen LogP contribution >= 0.6 is 11.3 Å². The van der Waals surface area contributed by atoms with E-state index in [9.17, 15) is 13.2 Å². The lowest BCUT2D eigenvalue weighted by atomic mass is 10.3. The Hall–Kier alpha value is -1.14. The monoisotopic (exact) mass is 218 g/mol. The zero-order chi connectivity index (χ0) is 10.3. The maximum atomic E-state index is 13.1. The molecule has 0 fully saturated rings. The van der Waals surface area contributed by atoms with Crippen LogP contribution in [0.3, 0.4) is 0 Å². The molecule has 1 heterocycles. The molecule has 0 amide bonds. The van der Waals surface area contributed by atoms with Crippen LogP contribution in [0.4, 0.5) is 13.2 Å². The van der Waals surface area contributed by atoms with E-state index in [1.807, 2.05) is 0 Å². The molecule has 2 nitrogen and oxygen atoms in total. The summed E-state index contributed by atoms with van der Waals surface area (Å²) in [4.78, 5) is 3.74. The topological polar surface area (TPSA) is 38.9 Å². The van der Waals surface area contributed by atoms with Crippen molar-refractivity contribution in [2.24, 2.45) is 5.73 Å². The summed E-state index contributed by atoms with van der Waals surface area (Å²) in [6.45, 7) is 0.127. The van der Waals surface area contributed by atoms with Crippen molar-refractivity contribution >= 4 is 21.6 Å². The van der Waals surface area contributed by atoms with Crippen LogP contribution in [0.1, 0.15) is 5.01 Å². The first-order valence-corrected chi connectivity index (χ1v) is 4.58. The number of halogens is 3. The fourth-order valence-corrected chi connectivity index (χ4v) is 1.98. The van der Waals surface area contributed by atoms with E-state index in [1.54, 1.807) is 0 Å². The van der Waals surface area contributed by atoms with Crippen LogP contribution in [-0.4, -0.2) is 4.98 Å². The molecule has 1 aromatic carbocycles. The molecule has 0 unspecified atom stereocenters. The van der Waals surface area contributed by atoms with Crippen molar-refractivity contribution < 1.29 is 13.2 Å². The predicted molar refractivity (Wildman–Crippen MR) is 47.4 cm³/mol. The maximum absolute atomic E-state index is 13.1. The fraction of sp³-hybridized carbons (Fsp3) is 0.125. The Morgan fingerprint density at radius 1 is 1.29 bits per heavy atom. The molecule has 0 aliphatic carbocycles. The second kappa shape index (κ2) is 3.21. The number of hydrogen-bond acceptors (Lipinski definition) is 3. The first kappa shape index (κ1) is 9.42. The number of thiazole rings is 1. The van der Waals surface area contributed by atoms with E-state index < -0.39 is 17.5 Å². The van der Waals surface area contributed by atoms with Crippen molar-refractivity contribution in [3.05, 3.63) is 28.5 Å². The van der Waals surface area contributed by atoms with Gasteiger partial charge < -0.3 is 5.73 Å². The van der Waals surface area contributed by atoms with Gasteiger partial charge in [0, 0.05) is 6.54 Å². The summed E-state index contributed by atoms with van der Waals surface area (Å²) < 4.78 is 38.9. The molecule has 74 valence electrons. The number of aromatic nitrogens is 1. The molecule has 0 radical (unpaired) electrons. The van der Waals surface area contributed by atoms with Crippen LogP contribution in [0.15, 0.2) is 6.07 Å². The number of rotatable bonds is 1. The lowest BCUT2D eigenvalue weighted by molar-refractivity contribution is 0.453. The molecule has 0 bridgehead atoms.